The van der Waals surface area contributed by atoms with Crippen molar-refractivity contribution in [2.45, 2.75) is 64.7 Å². The van der Waals surface area contributed by atoms with Crippen molar-refractivity contribution in [2.24, 2.45) is 5.92 Å². The molecule has 7 nitrogen and oxygen atoms in total. The minimum absolute atomic E-state index is 0.300. The van der Waals surface area contributed by atoms with E-state index in [9.17, 15) is 14.2 Å². The van der Waals surface area contributed by atoms with Crippen LogP contribution in [0.5, 0.6) is 0 Å². The molecule has 0 aromatic carbocycles. The van der Waals surface area contributed by atoms with Gasteiger partial charge in [-0.2, -0.15) is 0 Å². The SMILES string of the molecule is C=C(C)C(=O)OCCCCCCCCCCC(CP(=O)(O)O)C(=O)O. The summed E-state index contributed by atoms with van der Waals surface area (Å²) >= 11 is 0. The van der Waals surface area contributed by atoms with Crippen LogP contribution in [0.4, 0.5) is 0 Å². The summed E-state index contributed by atoms with van der Waals surface area (Å²) in [6, 6.07) is 0. The molecule has 0 heterocycles. The fourth-order valence-corrected chi connectivity index (χ4v) is 3.33. The van der Waals surface area contributed by atoms with Gasteiger partial charge >= 0.3 is 19.5 Å². The van der Waals surface area contributed by atoms with Gasteiger partial charge in [-0.3, -0.25) is 9.36 Å². The first-order chi connectivity index (χ1) is 11.6. The highest BCUT2D eigenvalue weighted by Crippen LogP contribution is 2.38. The molecule has 1 unspecified atom stereocenters. The van der Waals surface area contributed by atoms with Crippen LogP contribution in [0.15, 0.2) is 12.2 Å². The monoisotopic (exact) mass is 378 g/mol. The predicted octanol–water partition coefficient (Wildman–Crippen LogP) is 3.50. The lowest BCUT2D eigenvalue weighted by Gasteiger charge is -2.12. The van der Waals surface area contributed by atoms with E-state index in [2.05, 4.69) is 6.58 Å². The third-order valence-corrected chi connectivity index (χ3v) is 4.75. The molecule has 0 spiro atoms. The summed E-state index contributed by atoms with van der Waals surface area (Å²) < 4.78 is 15.9. The highest BCUT2D eigenvalue weighted by molar-refractivity contribution is 7.51. The summed E-state index contributed by atoms with van der Waals surface area (Å²) in [5.41, 5.74) is 0.408. The summed E-state index contributed by atoms with van der Waals surface area (Å²) in [6.45, 7) is 5.55. The number of carboxylic acid groups (broad SMARTS) is 1. The quantitative estimate of drug-likeness (QED) is 0.173. The van der Waals surface area contributed by atoms with Gasteiger partial charge in [-0.15, -0.1) is 0 Å². The maximum Gasteiger partial charge on any atom is 0.333 e. The predicted molar refractivity (Wildman–Crippen MR) is 95.4 cm³/mol. The van der Waals surface area contributed by atoms with Crippen LogP contribution in [0.2, 0.25) is 0 Å². The Morgan fingerprint density at radius 1 is 1.00 bits per heavy atom. The van der Waals surface area contributed by atoms with Crippen LogP contribution in [0, 0.1) is 5.92 Å². The first-order valence-corrected chi connectivity index (χ1v) is 10.5. The van der Waals surface area contributed by atoms with E-state index in [0.717, 1.165) is 44.9 Å². The molecule has 0 fully saturated rings. The molecule has 3 N–H and O–H groups in total. The molecular formula is C17H31O7P. The number of esters is 1. The van der Waals surface area contributed by atoms with Gasteiger partial charge in [-0.25, -0.2) is 4.79 Å². The number of ether oxygens (including phenoxy) is 1. The van der Waals surface area contributed by atoms with Gasteiger partial charge in [0.15, 0.2) is 0 Å². The zero-order valence-electron chi connectivity index (χ0n) is 15.0. The van der Waals surface area contributed by atoms with Gasteiger partial charge in [-0.05, 0) is 19.8 Å². The van der Waals surface area contributed by atoms with Crippen molar-refractivity contribution >= 4 is 19.5 Å². The van der Waals surface area contributed by atoms with Crippen LogP contribution in [0.25, 0.3) is 0 Å². The van der Waals surface area contributed by atoms with Crippen molar-refractivity contribution in [1.82, 2.24) is 0 Å². The van der Waals surface area contributed by atoms with Crippen LogP contribution in [-0.4, -0.2) is 39.6 Å². The number of carboxylic acids is 1. The number of hydrogen-bond acceptors (Lipinski definition) is 4. The number of rotatable bonds is 15. The number of aliphatic carboxylic acids is 1. The third kappa shape index (κ3) is 14.8. The highest BCUT2D eigenvalue weighted by Gasteiger charge is 2.26. The largest absolute Gasteiger partial charge is 0.481 e. The summed E-state index contributed by atoms with van der Waals surface area (Å²) in [5.74, 6) is -2.46. The van der Waals surface area contributed by atoms with E-state index in [1.165, 1.54) is 0 Å². The Labute approximate surface area is 149 Å². The molecule has 0 bridgehead atoms. The first kappa shape index (κ1) is 23.8. The second kappa shape index (κ2) is 13.1. The van der Waals surface area contributed by atoms with Gasteiger partial charge in [0.2, 0.25) is 0 Å². The zero-order valence-corrected chi connectivity index (χ0v) is 15.9. The molecular weight excluding hydrogens is 347 g/mol. The Morgan fingerprint density at radius 3 is 1.92 bits per heavy atom. The fraction of sp³-hybridized carbons (Fsp3) is 0.765. The maximum atomic E-state index is 11.1. The third-order valence-electron chi connectivity index (χ3n) is 3.84. The summed E-state index contributed by atoms with van der Waals surface area (Å²) in [4.78, 5) is 39.9. The standard InChI is InChI=1S/C17H31O7P/c1-14(2)17(20)24-12-10-8-6-4-3-5-7-9-11-15(16(18)19)13-25(21,22)23/h15H,1,3-13H2,2H3,(H,18,19)(H2,21,22,23). The van der Waals surface area contributed by atoms with Crippen molar-refractivity contribution in [2.75, 3.05) is 12.8 Å². The second-order valence-corrected chi connectivity index (χ2v) is 8.11. The fourth-order valence-electron chi connectivity index (χ4n) is 2.42. The molecule has 1 atom stereocenters. The second-order valence-electron chi connectivity index (χ2n) is 6.42. The maximum absolute atomic E-state index is 11.1. The van der Waals surface area contributed by atoms with Crippen LogP contribution in [0.3, 0.4) is 0 Å². The van der Waals surface area contributed by atoms with Gasteiger partial charge in [0.1, 0.15) is 0 Å². The molecule has 0 aromatic rings. The lowest BCUT2D eigenvalue weighted by atomic mass is 10.0. The lowest BCUT2D eigenvalue weighted by molar-refractivity contribution is -0.141. The van der Waals surface area contributed by atoms with Gasteiger partial charge in [0.05, 0.1) is 18.7 Å². The normalized spacial score (nSPS) is 12.6. The smallest absolute Gasteiger partial charge is 0.333 e. The molecule has 0 saturated heterocycles. The molecule has 146 valence electrons. The lowest BCUT2D eigenvalue weighted by Crippen LogP contribution is -2.18. The van der Waals surface area contributed by atoms with Crippen molar-refractivity contribution in [3.05, 3.63) is 12.2 Å². The topological polar surface area (TPSA) is 121 Å². The number of unbranched alkanes of at least 4 members (excludes halogenated alkanes) is 7. The first-order valence-electron chi connectivity index (χ1n) is 8.73. The molecule has 0 amide bonds. The van der Waals surface area contributed by atoms with E-state index in [1.54, 1.807) is 6.92 Å². The van der Waals surface area contributed by atoms with Gasteiger partial charge < -0.3 is 19.6 Å². The van der Waals surface area contributed by atoms with E-state index in [0.29, 0.717) is 25.0 Å². The summed E-state index contributed by atoms with van der Waals surface area (Å²) in [6.07, 6.45) is 7.21. The Morgan fingerprint density at radius 2 is 1.48 bits per heavy atom. The summed E-state index contributed by atoms with van der Waals surface area (Å²) in [5, 5.41) is 8.97. The molecule has 0 radical (unpaired) electrons. The van der Waals surface area contributed by atoms with Crippen LogP contribution in [-0.2, 0) is 18.9 Å². The van der Waals surface area contributed by atoms with Crippen molar-refractivity contribution in [3.63, 3.8) is 0 Å². The molecule has 25 heavy (non-hydrogen) atoms. The average Bonchev–Trinajstić information content (AvgIpc) is 2.49. The Balaban J connectivity index is 3.54. The minimum atomic E-state index is -4.28. The van der Waals surface area contributed by atoms with Crippen LogP contribution < -0.4 is 0 Å². The highest BCUT2D eigenvalue weighted by atomic mass is 31.2. The Bertz CT molecular complexity index is 470. The van der Waals surface area contributed by atoms with Gasteiger partial charge in [0, 0.05) is 5.57 Å². The van der Waals surface area contributed by atoms with E-state index >= 15 is 0 Å². The van der Waals surface area contributed by atoms with E-state index < -0.39 is 25.6 Å². The molecule has 0 aliphatic heterocycles. The Hall–Kier alpha value is -1.17. The van der Waals surface area contributed by atoms with E-state index in [1.807, 2.05) is 0 Å². The molecule has 0 aliphatic carbocycles. The molecule has 0 aliphatic rings. The summed E-state index contributed by atoms with van der Waals surface area (Å²) in [7, 11) is -4.28. The van der Waals surface area contributed by atoms with E-state index in [4.69, 9.17) is 19.6 Å². The molecule has 0 aromatic heterocycles. The Kier molecular flexibility index (Phi) is 12.5. The van der Waals surface area contributed by atoms with Gasteiger partial charge in [-0.1, -0.05) is 51.5 Å². The van der Waals surface area contributed by atoms with Gasteiger partial charge in [0.25, 0.3) is 0 Å². The van der Waals surface area contributed by atoms with Crippen molar-refractivity contribution < 1.29 is 33.8 Å². The van der Waals surface area contributed by atoms with E-state index in [-0.39, 0.29) is 5.97 Å². The number of hydrogen-bond donors (Lipinski definition) is 3. The number of carbonyl (C=O) groups excluding carboxylic acids is 1. The number of carbonyl (C=O) groups is 2. The average molecular weight is 378 g/mol. The van der Waals surface area contributed by atoms with Crippen LogP contribution in [0.1, 0.15) is 64.7 Å². The minimum Gasteiger partial charge on any atom is -0.481 e. The molecule has 0 rings (SSSR count). The molecule has 8 heteroatoms. The van der Waals surface area contributed by atoms with Crippen LogP contribution >= 0.6 is 7.60 Å². The zero-order chi connectivity index (χ0) is 19.3. The molecule has 0 saturated carbocycles. The van der Waals surface area contributed by atoms with Crippen molar-refractivity contribution in [3.8, 4) is 0 Å². The van der Waals surface area contributed by atoms with Crippen molar-refractivity contribution in [1.29, 1.82) is 0 Å².